The van der Waals surface area contributed by atoms with Gasteiger partial charge in [0.05, 0.1) is 18.9 Å². The van der Waals surface area contributed by atoms with Gasteiger partial charge in [0, 0.05) is 25.7 Å². The molecule has 0 saturated heterocycles. The van der Waals surface area contributed by atoms with E-state index in [1.807, 2.05) is 12.1 Å². The van der Waals surface area contributed by atoms with Gasteiger partial charge in [0.25, 0.3) is 6.26 Å². The van der Waals surface area contributed by atoms with Crippen LogP contribution in [0.4, 0.5) is 5.69 Å². The molecule has 11 nitrogen and oxygen atoms in total. The van der Waals surface area contributed by atoms with Crippen LogP contribution >= 0.6 is 0 Å². The number of allylic oxidation sites excluding steroid dienone is 1. The maximum Gasteiger partial charge on any atom is 0.332 e. The van der Waals surface area contributed by atoms with Crippen molar-refractivity contribution in [2.75, 3.05) is 26.4 Å². The second kappa shape index (κ2) is 28.0. The Morgan fingerprint density at radius 3 is 2.08 bits per heavy atom. The van der Waals surface area contributed by atoms with Gasteiger partial charge in [0.15, 0.2) is 0 Å². The van der Waals surface area contributed by atoms with Gasteiger partial charge in [-0.05, 0) is 67.5 Å². The Bertz CT molecular complexity index is 1390. The van der Waals surface area contributed by atoms with Crippen molar-refractivity contribution in [3.63, 3.8) is 0 Å². The summed E-state index contributed by atoms with van der Waals surface area (Å²) in [6.07, 6.45) is 20.2. The van der Waals surface area contributed by atoms with Gasteiger partial charge >= 0.3 is 17.9 Å². The Kier molecular flexibility index (Phi) is 23.3. The van der Waals surface area contributed by atoms with Crippen LogP contribution in [0.5, 0.6) is 5.75 Å². The molecular formula is C40H52N2O9. The van der Waals surface area contributed by atoms with Crippen LogP contribution in [0.3, 0.4) is 0 Å². The Morgan fingerprint density at radius 1 is 0.765 bits per heavy atom. The SMILES string of the molecule is CCCCCC[C@H](C/C=C\CCCCCCCC(=O)OCCc1ccc(N=C=O)cc1)OC(=O)COCC(=O)OCCc1ccc(OC#N)cc1. The van der Waals surface area contributed by atoms with Crippen molar-refractivity contribution >= 4 is 29.7 Å². The average molecular weight is 705 g/mol. The summed E-state index contributed by atoms with van der Waals surface area (Å²) in [6.45, 7) is 1.98. The monoisotopic (exact) mass is 704 g/mol. The maximum atomic E-state index is 12.4. The molecule has 0 spiro atoms. The van der Waals surface area contributed by atoms with E-state index in [1.165, 1.54) is 6.08 Å². The molecule has 2 aromatic rings. The summed E-state index contributed by atoms with van der Waals surface area (Å²) in [5, 5.41) is 8.54. The number of esters is 3. The second-order valence-corrected chi connectivity index (χ2v) is 12.1. The lowest BCUT2D eigenvalue weighted by molar-refractivity contribution is -0.159. The lowest BCUT2D eigenvalue weighted by Gasteiger charge is -2.16. The summed E-state index contributed by atoms with van der Waals surface area (Å²) >= 11 is 0. The number of benzene rings is 2. The van der Waals surface area contributed by atoms with E-state index >= 15 is 0 Å². The Morgan fingerprint density at radius 2 is 1.39 bits per heavy atom. The predicted octanol–water partition coefficient (Wildman–Crippen LogP) is 7.96. The van der Waals surface area contributed by atoms with Crippen LogP contribution in [-0.2, 0) is 51.0 Å². The predicted molar refractivity (Wildman–Crippen MR) is 192 cm³/mol. The lowest BCUT2D eigenvalue weighted by atomic mass is 10.1. The first-order valence-corrected chi connectivity index (χ1v) is 18.0. The van der Waals surface area contributed by atoms with E-state index in [0.717, 1.165) is 81.8 Å². The van der Waals surface area contributed by atoms with Gasteiger partial charge in [0.2, 0.25) is 6.08 Å². The number of ether oxygens (including phenoxy) is 5. The number of hydrogen-bond donors (Lipinski definition) is 0. The summed E-state index contributed by atoms with van der Waals surface area (Å²) in [5.41, 5.74) is 2.48. The number of hydrogen-bond acceptors (Lipinski definition) is 11. The molecule has 2 aromatic carbocycles. The Hall–Kier alpha value is -4.78. The van der Waals surface area contributed by atoms with Gasteiger partial charge in [-0.1, -0.05) is 81.9 Å². The summed E-state index contributed by atoms with van der Waals surface area (Å²) in [7, 11) is 0. The third-order valence-corrected chi connectivity index (χ3v) is 7.94. The first kappa shape index (κ1) is 42.4. The largest absolute Gasteiger partial charge is 0.465 e. The maximum absolute atomic E-state index is 12.4. The van der Waals surface area contributed by atoms with Crippen LogP contribution in [0.2, 0.25) is 0 Å². The van der Waals surface area contributed by atoms with Crippen LogP contribution in [0.15, 0.2) is 65.7 Å². The zero-order valence-corrected chi connectivity index (χ0v) is 29.9. The zero-order chi connectivity index (χ0) is 36.8. The molecule has 0 fully saturated rings. The molecule has 0 radical (unpaired) electrons. The van der Waals surface area contributed by atoms with Crippen molar-refractivity contribution < 1.29 is 42.9 Å². The summed E-state index contributed by atoms with van der Waals surface area (Å²) in [6, 6.07) is 14.1. The van der Waals surface area contributed by atoms with Crippen molar-refractivity contribution in [2.24, 2.45) is 4.99 Å². The smallest absolute Gasteiger partial charge is 0.332 e. The van der Waals surface area contributed by atoms with Crippen molar-refractivity contribution in [1.29, 1.82) is 5.26 Å². The highest BCUT2D eigenvalue weighted by Crippen LogP contribution is 2.16. The number of nitrogens with zero attached hydrogens (tertiary/aromatic N) is 2. The first-order valence-electron chi connectivity index (χ1n) is 18.0. The molecule has 0 aromatic heterocycles. The molecule has 0 aliphatic carbocycles. The number of nitriles is 1. The van der Waals surface area contributed by atoms with Crippen LogP contribution in [0.1, 0.15) is 102 Å². The number of carbonyl (C=O) groups is 3. The van der Waals surface area contributed by atoms with E-state index in [-0.39, 0.29) is 31.9 Å². The van der Waals surface area contributed by atoms with Crippen molar-refractivity contribution in [1.82, 2.24) is 0 Å². The molecule has 51 heavy (non-hydrogen) atoms. The summed E-state index contributed by atoms with van der Waals surface area (Å²) in [5.74, 6) is -0.804. The van der Waals surface area contributed by atoms with Crippen molar-refractivity contribution in [3.8, 4) is 12.0 Å². The lowest BCUT2D eigenvalue weighted by Crippen LogP contribution is -2.23. The minimum atomic E-state index is -0.562. The minimum Gasteiger partial charge on any atom is -0.465 e. The molecule has 2 rings (SSSR count). The molecule has 1 atom stereocenters. The van der Waals surface area contributed by atoms with Gasteiger partial charge in [-0.3, -0.25) is 4.79 Å². The number of carbonyl (C=O) groups excluding carboxylic acids is 4. The molecule has 0 aliphatic heterocycles. The molecule has 276 valence electrons. The third kappa shape index (κ3) is 21.8. The van der Waals surface area contributed by atoms with Gasteiger partial charge in [0.1, 0.15) is 25.1 Å². The molecular weight excluding hydrogens is 652 g/mol. The number of aliphatic imine (C=N–C) groups is 1. The van der Waals surface area contributed by atoms with E-state index in [9.17, 15) is 19.2 Å². The van der Waals surface area contributed by atoms with Crippen LogP contribution in [-0.4, -0.2) is 56.5 Å². The zero-order valence-electron chi connectivity index (χ0n) is 29.9. The Balaban J connectivity index is 1.54. The highest BCUT2D eigenvalue weighted by Gasteiger charge is 2.14. The third-order valence-electron chi connectivity index (χ3n) is 7.94. The first-order chi connectivity index (χ1) is 24.9. The average Bonchev–Trinajstić information content (AvgIpc) is 3.12. The normalized spacial score (nSPS) is 11.3. The van der Waals surface area contributed by atoms with E-state index < -0.39 is 11.9 Å². The minimum absolute atomic E-state index is 0.161. The fraction of sp³-hybridized carbons (Fsp3) is 0.525. The highest BCUT2D eigenvalue weighted by atomic mass is 16.6. The molecule has 0 amide bonds. The van der Waals surface area contributed by atoms with Crippen LogP contribution in [0, 0.1) is 11.5 Å². The van der Waals surface area contributed by atoms with E-state index in [2.05, 4.69) is 24.1 Å². The van der Waals surface area contributed by atoms with E-state index in [4.69, 9.17) is 28.9 Å². The van der Waals surface area contributed by atoms with Gasteiger partial charge in [-0.2, -0.15) is 4.99 Å². The highest BCUT2D eigenvalue weighted by molar-refractivity contribution is 5.73. The fourth-order valence-corrected chi connectivity index (χ4v) is 5.13. The van der Waals surface area contributed by atoms with E-state index in [0.29, 0.717) is 43.7 Å². The molecule has 0 bridgehead atoms. The number of rotatable bonds is 28. The molecule has 11 heteroatoms. The van der Waals surface area contributed by atoms with Crippen LogP contribution in [0.25, 0.3) is 0 Å². The summed E-state index contributed by atoms with van der Waals surface area (Å²) in [4.78, 5) is 50.3. The van der Waals surface area contributed by atoms with Crippen molar-refractivity contribution in [3.05, 3.63) is 71.8 Å². The van der Waals surface area contributed by atoms with Gasteiger partial charge in [-0.25, -0.2) is 14.4 Å². The Labute approximate surface area is 302 Å². The number of unbranched alkanes of at least 4 members (excludes halogenated alkanes) is 8. The number of isocyanates is 1. The molecule has 0 unspecified atom stereocenters. The summed E-state index contributed by atoms with van der Waals surface area (Å²) < 4.78 is 26.2. The van der Waals surface area contributed by atoms with Gasteiger partial charge in [-0.15, -0.1) is 5.26 Å². The molecule has 0 heterocycles. The standard InChI is InChI=1S/C40H52N2O9/c1-2-3-4-11-14-37(51-40(46)30-47-29-39(45)49-28-26-34-19-23-36(24-20-34)50-31-41)15-12-9-7-5-6-8-10-13-16-38(44)48-27-25-33-17-21-35(22-18-33)42-32-43/h9,12,17-24,37H,2-8,10-11,13-16,25-30H2,1H3/b12-9-/t37-/m1/s1. The topological polar surface area (TPSA) is 151 Å². The molecule has 0 aliphatic rings. The van der Waals surface area contributed by atoms with Crippen LogP contribution < -0.4 is 4.74 Å². The molecule has 0 saturated carbocycles. The quantitative estimate of drug-likeness (QED) is 0.0162. The van der Waals surface area contributed by atoms with Gasteiger partial charge < -0.3 is 23.7 Å². The molecule has 0 N–H and O–H groups in total. The second-order valence-electron chi connectivity index (χ2n) is 12.1. The fourth-order valence-electron chi connectivity index (χ4n) is 5.13. The van der Waals surface area contributed by atoms with Crippen molar-refractivity contribution in [2.45, 2.75) is 109 Å². The van der Waals surface area contributed by atoms with E-state index in [1.54, 1.807) is 42.7 Å².